The van der Waals surface area contributed by atoms with Gasteiger partial charge in [-0.15, -0.1) is 11.6 Å². The minimum absolute atomic E-state index is 0.775. The summed E-state index contributed by atoms with van der Waals surface area (Å²) >= 11 is 5.86. The van der Waals surface area contributed by atoms with Gasteiger partial charge in [0.1, 0.15) is 0 Å². The van der Waals surface area contributed by atoms with E-state index in [2.05, 4.69) is 19.1 Å². The molecule has 0 aromatic carbocycles. The first-order valence-electron chi connectivity index (χ1n) is 4.07. The summed E-state index contributed by atoms with van der Waals surface area (Å²) < 4.78 is 0. The van der Waals surface area contributed by atoms with E-state index in [1.807, 2.05) is 0 Å². The molecule has 0 aromatic heterocycles. The Labute approximate surface area is 67.3 Å². The lowest BCUT2D eigenvalue weighted by Gasteiger charge is -2.21. The van der Waals surface area contributed by atoms with Crippen molar-refractivity contribution in [2.75, 3.05) is 5.88 Å². The zero-order chi connectivity index (χ0) is 7.14. The number of allylic oxidation sites excluding steroid dienone is 2. The Balaban J connectivity index is 2.18. The van der Waals surface area contributed by atoms with Crippen LogP contribution < -0.4 is 0 Å². The molecule has 0 nitrogen and oxygen atoms in total. The van der Waals surface area contributed by atoms with Gasteiger partial charge in [0, 0.05) is 5.88 Å². The predicted molar refractivity (Wildman–Crippen MR) is 44.1 cm³/mol. The SMILES string of the molecule is C[C@H]1[C@H](CCl)[C@@H]2C=C[C@H]1C2. The van der Waals surface area contributed by atoms with E-state index in [9.17, 15) is 0 Å². The van der Waals surface area contributed by atoms with Crippen molar-refractivity contribution in [3.8, 4) is 0 Å². The van der Waals surface area contributed by atoms with Gasteiger partial charge < -0.3 is 0 Å². The van der Waals surface area contributed by atoms with Gasteiger partial charge in [0.25, 0.3) is 0 Å². The molecule has 0 unspecified atom stereocenters. The summed E-state index contributed by atoms with van der Waals surface area (Å²) in [5.41, 5.74) is 0. The average Bonchev–Trinajstić information content (AvgIpc) is 2.46. The van der Waals surface area contributed by atoms with Crippen LogP contribution in [0.4, 0.5) is 0 Å². The first kappa shape index (κ1) is 6.72. The van der Waals surface area contributed by atoms with Crippen molar-refractivity contribution in [3.05, 3.63) is 12.2 Å². The molecule has 0 aromatic rings. The topological polar surface area (TPSA) is 0 Å². The number of rotatable bonds is 1. The Morgan fingerprint density at radius 2 is 2.10 bits per heavy atom. The van der Waals surface area contributed by atoms with Crippen molar-refractivity contribution >= 4 is 11.6 Å². The van der Waals surface area contributed by atoms with Gasteiger partial charge in [0.05, 0.1) is 0 Å². The molecule has 56 valence electrons. The fourth-order valence-corrected chi connectivity index (χ4v) is 2.94. The predicted octanol–water partition coefficient (Wildman–Crippen LogP) is 2.68. The number of fused-ring (bicyclic) bond motifs is 2. The second-order valence-corrected chi connectivity index (χ2v) is 3.93. The van der Waals surface area contributed by atoms with Gasteiger partial charge in [-0.25, -0.2) is 0 Å². The van der Waals surface area contributed by atoms with Gasteiger partial charge in [0.15, 0.2) is 0 Å². The van der Waals surface area contributed by atoms with Crippen LogP contribution in [0.15, 0.2) is 12.2 Å². The van der Waals surface area contributed by atoms with Gasteiger partial charge in [-0.2, -0.15) is 0 Å². The molecule has 0 radical (unpaired) electrons. The first-order valence-corrected chi connectivity index (χ1v) is 4.60. The van der Waals surface area contributed by atoms with Gasteiger partial charge >= 0.3 is 0 Å². The van der Waals surface area contributed by atoms with Gasteiger partial charge in [-0.3, -0.25) is 0 Å². The van der Waals surface area contributed by atoms with Crippen LogP contribution in [-0.4, -0.2) is 5.88 Å². The van der Waals surface area contributed by atoms with E-state index in [1.165, 1.54) is 6.42 Å². The van der Waals surface area contributed by atoms with Crippen molar-refractivity contribution in [3.63, 3.8) is 0 Å². The molecule has 4 atom stereocenters. The lowest BCUT2D eigenvalue weighted by atomic mass is 9.86. The summed E-state index contributed by atoms with van der Waals surface area (Å²) in [5.74, 6) is 4.14. The number of alkyl halides is 1. The molecule has 10 heavy (non-hydrogen) atoms. The maximum absolute atomic E-state index is 5.86. The molecular formula is C9H13Cl. The highest BCUT2D eigenvalue weighted by atomic mass is 35.5. The van der Waals surface area contributed by atoms with Crippen LogP contribution in [0.3, 0.4) is 0 Å². The molecule has 0 saturated heterocycles. The summed E-state index contributed by atoms with van der Waals surface area (Å²) in [7, 11) is 0. The molecule has 2 aliphatic rings. The van der Waals surface area contributed by atoms with Crippen LogP contribution in [0.1, 0.15) is 13.3 Å². The third-order valence-corrected chi connectivity index (χ3v) is 3.58. The van der Waals surface area contributed by atoms with Crippen molar-refractivity contribution in [2.45, 2.75) is 13.3 Å². The van der Waals surface area contributed by atoms with Gasteiger partial charge in [-0.05, 0) is 30.1 Å². The maximum Gasteiger partial charge on any atom is 0.0260 e. The molecule has 1 fully saturated rings. The standard InChI is InChI=1S/C9H13Cl/c1-6-7-2-3-8(4-7)9(6)5-10/h2-3,6-9H,4-5H2,1H3/t6-,7+,8-,9+/m1/s1. The molecule has 2 aliphatic carbocycles. The molecule has 0 spiro atoms. The van der Waals surface area contributed by atoms with E-state index in [0.29, 0.717) is 0 Å². The zero-order valence-corrected chi connectivity index (χ0v) is 7.01. The fraction of sp³-hybridized carbons (Fsp3) is 0.778. The van der Waals surface area contributed by atoms with Crippen LogP contribution in [0.5, 0.6) is 0 Å². The minimum atomic E-state index is 0.775. The highest BCUT2D eigenvalue weighted by Crippen LogP contribution is 2.47. The Kier molecular flexibility index (Phi) is 1.52. The molecular weight excluding hydrogens is 144 g/mol. The Morgan fingerprint density at radius 3 is 2.50 bits per heavy atom. The smallest absolute Gasteiger partial charge is 0.0260 e. The van der Waals surface area contributed by atoms with E-state index in [-0.39, 0.29) is 0 Å². The van der Waals surface area contributed by atoms with Crippen molar-refractivity contribution in [1.82, 2.24) is 0 Å². The van der Waals surface area contributed by atoms with Crippen molar-refractivity contribution in [1.29, 1.82) is 0 Å². The summed E-state index contributed by atoms with van der Waals surface area (Å²) in [6, 6.07) is 0. The fourth-order valence-electron chi connectivity index (χ4n) is 2.43. The second kappa shape index (κ2) is 2.27. The number of hydrogen-bond acceptors (Lipinski definition) is 0. The Bertz CT molecular complexity index is 162. The summed E-state index contributed by atoms with van der Waals surface area (Å²) in [5, 5.41) is 0. The third kappa shape index (κ3) is 0.748. The Morgan fingerprint density at radius 1 is 1.40 bits per heavy atom. The zero-order valence-electron chi connectivity index (χ0n) is 6.26. The van der Waals surface area contributed by atoms with Gasteiger partial charge in [-0.1, -0.05) is 19.1 Å². The molecule has 0 heterocycles. The summed E-state index contributed by atoms with van der Waals surface area (Å²) in [4.78, 5) is 0. The molecule has 1 saturated carbocycles. The first-order chi connectivity index (χ1) is 4.83. The highest BCUT2D eigenvalue weighted by Gasteiger charge is 2.40. The molecule has 1 heteroatoms. The summed E-state index contributed by atoms with van der Waals surface area (Å²) in [6.45, 7) is 2.33. The normalized spacial score (nSPS) is 50.6. The van der Waals surface area contributed by atoms with Crippen LogP contribution in [0, 0.1) is 23.7 Å². The quantitative estimate of drug-likeness (QED) is 0.405. The average molecular weight is 157 g/mol. The maximum atomic E-state index is 5.86. The van der Waals surface area contributed by atoms with Crippen molar-refractivity contribution < 1.29 is 0 Å². The molecule has 0 N–H and O–H groups in total. The third-order valence-electron chi connectivity index (χ3n) is 3.23. The van der Waals surface area contributed by atoms with E-state index in [0.717, 1.165) is 29.6 Å². The lowest BCUT2D eigenvalue weighted by molar-refractivity contribution is 0.369. The minimum Gasteiger partial charge on any atom is -0.126 e. The number of halogens is 1. The van der Waals surface area contributed by atoms with Crippen LogP contribution in [0.2, 0.25) is 0 Å². The van der Waals surface area contributed by atoms with Gasteiger partial charge in [0.2, 0.25) is 0 Å². The largest absolute Gasteiger partial charge is 0.126 e. The molecule has 0 aliphatic heterocycles. The van der Waals surface area contributed by atoms with Crippen molar-refractivity contribution in [2.24, 2.45) is 23.7 Å². The Hall–Kier alpha value is 0.0300. The van der Waals surface area contributed by atoms with Crippen LogP contribution >= 0.6 is 11.6 Å². The number of hydrogen-bond donors (Lipinski definition) is 0. The van der Waals surface area contributed by atoms with E-state index in [1.54, 1.807) is 0 Å². The molecule has 2 rings (SSSR count). The van der Waals surface area contributed by atoms with Crippen LogP contribution in [0.25, 0.3) is 0 Å². The lowest BCUT2D eigenvalue weighted by Crippen LogP contribution is -2.17. The molecule has 2 bridgehead atoms. The summed E-state index contributed by atoms with van der Waals surface area (Å²) in [6.07, 6.45) is 6.11. The monoisotopic (exact) mass is 156 g/mol. The van der Waals surface area contributed by atoms with Crippen LogP contribution in [-0.2, 0) is 0 Å². The second-order valence-electron chi connectivity index (χ2n) is 3.63. The molecule has 0 amide bonds. The van der Waals surface area contributed by atoms with E-state index >= 15 is 0 Å². The van der Waals surface area contributed by atoms with E-state index in [4.69, 9.17) is 11.6 Å². The highest BCUT2D eigenvalue weighted by molar-refractivity contribution is 6.18. The van der Waals surface area contributed by atoms with E-state index < -0.39 is 0 Å².